The van der Waals surface area contributed by atoms with Crippen LogP contribution in [0.15, 0.2) is 35.3 Å². The fourth-order valence-electron chi connectivity index (χ4n) is 3.18. The first kappa shape index (κ1) is 22.4. The highest BCUT2D eigenvalue weighted by Crippen LogP contribution is 2.16. The third-order valence-corrected chi connectivity index (χ3v) is 5.40. The molecule has 2 heterocycles. The van der Waals surface area contributed by atoms with Crippen LogP contribution in [0.3, 0.4) is 0 Å². The van der Waals surface area contributed by atoms with E-state index >= 15 is 0 Å². The van der Waals surface area contributed by atoms with E-state index in [2.05, 4.69) is 25.0 Å². The molecule has 0 aliphatic heterocycles. The molecule has 0 saturated carbocycles. The van der Waals surface area contributed by atoms with Gasteiger partial charge in [-0.2, -0.15) is 4.98 Å². The molecule has 0 aliphatic rings. The largest absolute Gasteiger partial charge is 0.369 e. The molecule has 10 heteroatoms. The molecular weight excluding hydrogens is 416 g/mol. The molecular formula is C21H26N6O3S. The summed E-state index contributed by atoms with van der Waals surface area (Å²) in [6.45, 7) is 2.41. The predicted molar refractivity (Wildman–Crippen MR) is 123 cm³/mol. The fourth-order valence-corrected chi connectivity index (χ4v) is 3.58. The highest BCUT2D eigenvalue weighted by molar-refractivity contribution is 7.97. The van der Waals surface area contributed by atoms with Crippen molar-refractivity contribution in [3.05, 3.63) is 57.5 Å². The van der Waals surface area contributed by atoms with Gasteiger partial charge in [-0.1, -0.05) is 31.0 Å². The average molecular weight is 443 g/mol. The zero-order valence-corrected chi connectivity index (χ0v) is 18.1. The van der Waals surface area contributed by atoms with Gasteiger partial charge < -0.3 is 20.8 Å². The minimum Gasteiger partial charge on any atom is -0.369 e. The SMILES string of the molecule is CCSNC(=O)CCCNC(=O)c1ccc(CCc2c[nH]c3nc(N)[nH]c(=O)c23)cc1. The summed E-state index contributed by atoms with van der Waals surface area (Å²) in [5.41, 5.74) is 8.28. The zero-order valence-electron chi connectivity index (χ0n) is 17.3. The van der Waals surface area contributed by atoms with Crippen LogP contribution in [0.2, 0.25) is 0 Å². The number of nitrogens with one attached hydrogen (secondary N) is 4. The maximum absolute atomic E-state index is 12.3. The standard InChI is InChI=1S/C21H26N6O3S/c1-2-31-27-16(28)4-3-11-23-19(29)14-8-5-13(6-9-14)7-10-15-12-24-18-17(15)20(30)26-21(22)25-18/h5-6,8-9,12H,2-4,7,10-11H2,1H3,(H,23,29)(H,27,28)(H4,22,24,25,26,30). The van der Waals surface area contributed by atoms with Crippen molar-refractivity contribution in [1.29, 1.82) is 0 Å². The van der Waals surface area contributed by atoms with E-state index < -0.39 is 0 Å². The molecule has 0 fully saturated rings. The second-order valence-corrected chi connectivity index (χ2v) is 8.07. The number of carbonyl (C=O) groups is 2. The van der Waals surface area contributed by atoms with Crippen molar-refractivity contribution in [3.8, 4) is 0 Å². The normalized spacial score (nSPS) is 10.9. The van der Waals surface area contributed by atoms with E-state index in [9.17, 15) is 14.4 Å². The maximum atomic E-state index is 12.3. The maximum Gasteiger partial charge on any atom is 0.262 e. The van der Waals surface area contributed by atoms with Gasteiger partial charge in [-0.3, -0.25) is 19.4 Å². The van der Waals surface area contributed by atoms with Crippen molar-refractivity contribution in [1.82, 2.24) is 25.0 Å². The summed E-state index contributed by atoms with van der Waals surface area (Å²) in [5.74, 6) is 0.715. The van der Waals surface area contributed by atoms with Gasteiger partial charge in [0.1, 0.15) is 5.65 Å². The van der Waals surface area contributed by atoms with Crippen LogP contribution in [0.25, 0.3) is 11.0 Å². The molecule has 0 aliphatic carbocycles. The number of nitrogens with zero attached hydrogens (tertiary/aromatic N) is 1. The fraction of sp³-hybridized carbons (Fsp3) is 0.333. The van der Waals surface area contributed by atoms with Crippen LogP contribution in [-0.2, 0) is 17.6 Å². The minimum absolute atomic E-state index is 0.0260. The molecule has 0 radical (unpaired) electrons. The lowest BCUT2D eigenvalue weighted by Gasteiger charge is -2.07. The molecule has 0 atom stereocenters. The molecule has 6 N–H and O–H groups in total. The molecule has 0 saturated heterocycles. The summed E-state index contributed by atoms with van der Waals surface area (Å²) in [7, 11) is 0. The topological polar surface area (TPSA) is 146 Å². The van der Waals surface area contributed by atoms with E-state index in [0.29, 0.717) is 48.8 Å². The molecule has 0 bridgehead atoms. The number of amides is 2. The van der Waals surface area contributed by atoms with Crippen LogP contribution in [0.4, 0.5) is 5.95 Å². The van der Waals surface area contributed by atoms with Crippen LogP contribution in [0.1, 0.15) is 41.3 Å². The minimum atomic E-state index is -0.257. The molecule has 2 amide bonds. The van der Waals surface area contributed by atoms with Gasteiger partial charge >= 0.3 is 0 Å². The third kappa shape index (κ3) is 6.11. The van der Waals surface area contributed by atoms with Gasteiger partial charge in [0.05, 0.1) is 5.39 Å². The van der Waals surface area contributed by atoms with E-state index in [1.807, 2.05) is 19.1 Å². The number of nitrogens with two attached hydrogens (primary N) is 1. The highest BCUT2D eigenvalue weighted by Gasteiger charge is 2.11. The first-order chi connectivity index (χ1) is 15.0. The van der Waals surface area contributed by atoms with E-state index in [1.54, 1.807) is 18.3 Å². The molecule has 3 aromatic rings. The van der Waals surface area contributed by atoms with Crippen molar-refractivity contribution < 1.29 is 9.59 Å². The summed E-state index contributed by atoms with van der Waals surface area (Å²) in [5, 5.41) is 3.35. The number of nitrogen functional groups attached to an aromatic ring is 1. The van der Waals surface area contributed by atoms with Crippen LogP contribution >= 0.6 is 11.9 Å². The Kier molecular flexibility index (Phi) is 7.71. The number of hydrogen-bond acceptors (Lipinski definition) is 6. The molecule has 1 aromatic carbocycles. The number of hydrogen-bond donors (Lipinski definition) is 5. The van der Waals surface area contributed by atoms with E-state index in [-0.39, 0.29) is 23.3 Å². The summed E-state index contributed by atoms with van der Waals surface area (Å²) in [4.78, 5) is 45.5. The number of H-pyrrole nitrogens is 2. The Bertz CT molecular complexity index is 1110. The summed E-state index contributed by atoms with van der Waals surface area (Å²) >= 11 is 1.37. The van der Waals surface area contributed by atoms with Gasteiger partial charge in [0.2, 0.25) is 11.9 Å². The molecule has 3 rings (SSSR count). The number of fused-ring (bicyclic) bond motifs is 1. The first-order valence-corrected chi connectivity index (χ1v) is 11.1. The van der Waals surface area contributed by atoms with Crippen LogP contribution in [0, 0.1) is 0 Å². The number of aryl methyl sites for hydroxylation is 2. The summed E-state index contributed by atoms with van der Waals surface area (Å²) in [6, 6.07) is 7.36. The summed E-state index contributed by atoms with van der Waals surface area (Å²) in [6.07, 6.45) is 4.10. The number of rotatable bonds is 10. The quantitative estimate of drug-likeness (QED) is 0.239. The number of aromatic nitrogens is 3. The van der Waals surface area contributed by atoms with Gasteiger partial charge in [0.15, 0.2) is 0 Å². The van der Waals surface area contributed by atoms with Gasteiger partial charge in [-0.05, 0) is 42.5 Å². The number of aromatic amines is 2. The molecule has 0 spiro atoms. The van der Waals surface area contributed by atoms with Crippen molar-refractivity contribution in [2.75, 3.05) is 18.0 Å². The Labute approximate surface area is 183 Å². The Balaban J connectivity index is 1.48. The van der Waals surface area contributed by atoms with Gasteiger partial charge in [0, 0.05) is 30.5 Å². The van der Waals surface area contributed by atoms with Crippen molar-refractivity contribution >= 4 is 40.7 Å². The van der Waals surface area contributed by atoms with E-state index in [1.165, 1.54) is 11.9 Å². The van der Waals surface area contributed by atoms with Crippen molar-refractivity contribution in [3.63, 3.8) is 0 Å². The zero-order chi connectivity index (χ0) is 22.2. The Morgan fingerprint density at radius 3 is 2.71 bits per heavy atom. The second kappa shape index (κ2) is 10.7. The van der Waals surface area contributed by atoms with Gasteiger partial charge in [-0.25, -0.2) is 0 Å². The molecule has 0 unspecified atom stereocenters. The molecule has 9 nitrogen and oxygen atoms in total. The predicted octanol–water partition coefficient (Wildman–Crippen LogP) is 1.91. The number of carbonyl (C=O) groups excluding carboxylic acids is 2. The van der Waals surface area contributed by atoms with E-state index in [4.69, 9.17) is 5.73 Å². The monoisotopic (exact) mass is 442 g/mol. The van der Waals surface area contributed by atoms with Crippen LogP contribution < -0.4 is 21.3 Å². The van der Waals surface area contributed by atoms with Gasteiger partial charge in [-0.15, -0.1) is 0 Å². The smallest absolute Gasteiger partial charge is 0.262 e. The lowest BCUT2D eigenvalue weighted by atomic mass is 10.0. The van der Waals surface area contributed by atoms with Crippen LogP contribution in [0.5, 0.6) is 0 Å². The molecule has 164 valence electrons. The average Bonchev–Trinajstić information content (AvgIpc) is 3.17. The van der Waals surface area contributed by atoms with Gasteiger partial charge in [0.25, 0.3) is 11.5 Å². The number of benzene rings is 1. The lowest BCUT2D eigenvalue weighted by Crippen LogP contribution is -2.26. The first-order valence-electron chi connectivity index (χ1n) is 10.1. The third-order valence-electron chi connectivity index (χ3n) is 4.74. The van der Waals surface area contributed by atoms with E-state index in [0.717, 1.165) is 16.9 Å². The highest BCUT2D eigenvalue weighted by atomic mass is 32.2. The Hall–Kier alpha value is -3.27. The van der Waals surface area contributed by atoms with Crippen LogP contribution in [-0.4, -0.2) is 39.1 Å². The summed E-state index contributed by atoms with van der Waals surface area (Å²) < 4.78 is 2.73. The Morgan fingerprint density at radius 2 is 1.97 bits per heavy atom. The second-order valence-electron chi connectivity index (χ2n) is 7.00. The number of anilines is 1. The molecule has 2 aromatic heterocycles. The van der Waals surface area contributed by atoms with Crippen molar-refractivity contribution in [2.45, 2.75) is 32.6 Å². The van der Waals surface area contributed by atoms with Crippen molar-refractivity contribution in [2.24, 2.45) is 0 Å². The Morgan fingerprint density at radius 1 is 1.19 bits per heavy atom. The lowest BCUT2D eigenvalue weighted by molar-refractivity contribution is -0.119. The molecule has 31 heavy (non-hydrogen) atoms.